The van der Waals surface area contributed by atoms with Crippen LogP contribution in [-0.2, 0) is 6.42 Å². The first-order valence-corrected chi connectivity index (χ1v) is 5.38. The fourth-order valence-electron chi connectivity index (χ4n) is 1.12. The van der Waals surface area contributed by atoms with Gasteiger partial charge in [0.05, 0.1) is 6.57 Å². The van der Waals surface area contributed by atoms with E-state index >= 15 is 0 Å². The summed E-state index contributed by atoms with van der Waals surface area (Å²) in [6.45, 7) is 6.96. The Labute approximate surface area is 98.4 Å². The van der Waals surface area contributed by atoms with E-state index in [9.17, 15) is 0 Å². The van der Waals surface area contributed by atoms with Gasteiger partial charge in [-0.1, -0.05) is 29.8 Å². The number of hydrogen-bond acceptors (Lipinski definition) is 0. The zero-order valence-electron chi connectivity index (χ0n) is 7.30. The summed E-state index contributed by atoms with van der Waals surface area (Å²) < 4.78 is 0. The van der Waals surface area contributed by atoms with E-state index < -0.39 is 0 Å². The number of halogens is 3. The molecule has 0 amide bonds. The molecule has 0 aliphatic heterocycles. The summed E-state index contributed by atoms with van der Waals surface area (Å²) in [6.07, 6.45) is 0.573. The van der Waals surface area contributed by atoms with Gasteiger partial charge in [-0.05, 0) is 12.0 Å². The zero-order valence-corrected chi connectivity index (χ0v) is 9.57. The lowest BCUT2D eigenvalue weighted by atomic mass is 10.1. The third-order valence-corrected chi connectivity index (χ3v) is 2.85. The Morgan fingerprint density at radius 3 is 2.71 bits per heavy atom. The normalized spacial score (nSPS) is 12.1. The summed E-state index contributed by atoms with van der Waals surface area (Å²) in [5, 5.41) is 0.460. The van der Waals surface area contributed by atoms with Crippen molar-refractivity contribution in [2.45, 2.75) is 11.8 Å². The van der Waals surface area contributed by atoms with Crippen molar-refractivity contribution in [3.63, 3.8) is 0 Å². The maximum absolute atomic E-state index is 6.96. The molecule has 1 rings (SSSR count). The van der Waals surface area contributed by atoms with Crippen molar-refractivity contribution in [2.75, 3.05) is 5.88 Å². The smallest absolute Gasteiger partial charge is 0.190 e. The second kappa shape index (κ2) is 5.46. The average Bonchev–Trinajstić information content (AvgIpc) is 2.18. The minimum Gasteiger partial charge on any atom is -0.238 e. The third-order valence-electron chi connectivity index (χ3n) is 1.77. The molecule has 0 saturated carbocycles. The van der Waals surface area contributed by atoms with Gasteiger partial charge in [0.15, 0.2) is 5.69 Å². The monoisotopic (exact) mass is 247 g/mol. The van der Waals surface area contributed by atoms with Crippen LogP contribution in [0.2, 0.25) is 5.02 Å². The Balaban J connectivity index is 2.94. The lowest BCUT2D eigenvalue weighted by Gasteiger charge is -2.07. The highest BCUT2D eigenvalue weighted by Gasteiger charge is 2.08. The largest absolute Gasteiger partial charge is 0.238 e. The molecule has 0 spiro atoms. The highest BCUT2D eigenvalue weighted by atomic mass is 35.5. The van der Waals surface area contributed by atoms with E-state index in [-0.39, 0.29) is 5.38 Å². The first-order valence-electron chi connectivity index (χ1n) is 4.03. The van der Waals surface area contributed by atoms with Gasteiger partial charge in [-0.25, -0.2) is 4.85 Å². The zero-order chi connectivity index (χ0) is 10.6. The Hall–Kier alpha value is -0.420. The van der Waals surface area contributed by atoms with Crippen LogP contribution in [0.5, 0.6) is 0 Å². The predicted octanol–water partition coefficient (Wildman–Crippen LogP) is 4.28. The predicted molar refractivity (Wildman–Crippen MR) is 61.8 cm³/mol. The van der Waals surface area contributed by atoms with Crippen LogP contribution in [0.1, 0.15) is 5.56 Å². The second-order valence-corrected chi connectivity index (χ2v) is 4.20. The van der Waals surface area contributed by atoms with Gasteiger partial charge in [0.25, 0.3) is 0 Å². The minimum absolute atomic E-state index is 0.157. The van der Waals surface area contributed by atoms with E-state index in [1.54, 1.807) is 18.2 Å². The van der Waals surface area contributed by atoms with Crippen LogP contribution >= 0.6 is 34.8 Å². The van der Waals surface area contributed by atoms with Crippen molar-refractivity contribution in [3.8, 4) is 0 Å². The number of nitrogens with zero attached hydrogens (tertiary/aromatic N) is 1. The fourth-order valence-corrected chi connectivity index (χ4v) is 1.59. The van der Waals surface area contributed by atoms with Gasteiger partial charge in [0.1, 0.15) is 0 Å². The van der Waals surface area contributed by atoms with E-state index in [1.807, 2.05) is 0 Å². The van der Waals surface area contributed by atoms with Crippen molar-refractivity contribution >= 4 is 40.5 Å². The molecule has 0 radical (unpaired) electrons. The molecular formula is C10H8Cl3N. The Morgan fingerprint density at radius 1 is 1.43 bits per heavy atom. The van der Waals surface area contributed by atoms with E-state index in [2.05, 4.69) is 4.85 Å². The molecule has 0 saturated heterocycles. The molecule has 1 nitrogen and oxygen atoms in total. The summed E-state index contributed by atoms with van der Waals surface area (Å²) in [6, 6.07) is 5.15. The molecule has 0 fully saturated rings. The number of benzene rings is 1. The highest BCUT2D eigenvalue weighted by molar-refractivity contribution is 6.30. The third kappa shape index (κ3) is 3.06. The number of alkyl halides is 2. The molecule has 0 heterocycles. The first-order chi connectivity index (χ1) is 6.67. The van der Waals surface area contributed by atoms with Crippen LogP contribution in [0.3, 0.4) is 0 Å². The van der Waals surface area contributed by atoms with Crippen molar-refractivity contribution in [2.24, 2.45) is 0 Å². The molecule has 0 aliphatic carbocycles. The molecular weight excluding hydrogens is 240 g/mol. The summed E-state index contributed by atoms with van der Waals surface area (Å²) in [4.78, 5) is 3.39. The average molecular weight is 249 g/mol. The molecule has 1 aromatic carbocycles. The van der Waals surface area contributed by atoms with E-state index in [0.29, 0.717) is 23.0 Å². The standard InChI is InChI=1S/C10H8Cl3N/c1-14-10-3-2-8(12)4-7(10)5-9(13)6-11/h2-4,9H,5-6H2. The van der Waals surface area contributed by atoms with Crippen LogP contribution in [-0.4, -0.2) is 11.3 Å². The first kappa shape index (κ1) is 11.7. The SMILES string of the molecule is [C-]#[N+]c1ccc(Cl)cc1CC(Cl)CCl. The summed E-state index contributed by atoms with van der Waals surface area (Å²) in [5.41, 5.74) is 1.44. The van der Waals surface area contributed by atoms with Crippen molar-refractivity contribution in [3.05, 3.63) is 40.2 Å². The highest BCUT2D eigenvalue weighted by Crippen LogP contribution is 2.25. The molecule has 14 heavy (non-hydrogen) atoms. The second-order valence-electron chi connectivity index (χ2n) is 2.84. The fraction of sp³-hybridized carbons (Fsp3) is 0.300. The van der Waals surface area contributed by atoms with Gasteiger partial charge >= 0.3 is 0 Å². The van der Waals surface area contributed by atoms with Crippen LogP contribution in [0, 0.1) is 6.57 Å². The topological polar surface area (TPSA) is 4.36 Å². The number of hydrogen-bond donors (Lipinski definition) is 0. The molecule has 1 atom stereocenters. The quantitative estimate of drug-likeness (QED) is 0.555. The van der Waals surface area contributed by atoms with Crippen molar-refractivity contribution in [1.29, 1.82) is 0 Å². The van der Waals surface area contributed by atoms with Gasteiger partial charge in [0.2, 0.25) is 0 Å². The lowest BCUT2D eigenvalue weighted by molar-refractivity contribution is 0.942. The maximum Gasteiger partial charge on any atom is 0.190 e. The minimum atomic E-state index is -0.157. The Bertz CT molecular complexity index is 357. The summed E-state index contributed by atoms with van der Waals surface area (Å²) in [7, 11) is 0. The van der Waals surface area contributed by atoms with Gasteiger partial charge in [0, 0.05) is 16.3 Å². The molecule has 0 bridgehead atoms. The van der Waals surface area contributed by atoms with Crippen LogP contribution < -0.4 is 0 Å². The molecule has 0 aliphatic rings. The van der Waals surface area contributed by atoms with Crippen molar-refractivity contribution < 1.29 is 0 Å². The summed E-state index contributed by atoms with van der Waals surface area (Å²) in [5.74, 6) is 0.367. The molecule has 1 unspecified atom stereocenters. The number of rotatable bonds is 3. The van der Waals surface area contributed by atoms with Gasteiger partial charge < -0.3 is 0 Å². The van der Waals surface area contributed by atoms with Crippen molar-refractivity contribution in [1.82, 2.24) is 0 Å². The molecule has 1 aromatic rings. The van der Waals surface area contributed by atoms with Gasteiger partial charge in [-0.2, -0.15) is 0 Å². The van der Waals surface area contributed by atoms with E-state index in [4.69, 9.17) is 41.4 Å². The van der Waals surface area contributed by atoms with Crippen LogP contribution in [0.15, 0.2) is 18.2 Å². The lowest BCUT2D eigenvalue weighted by Crippen LogP contribution is -2.04. The van der Waals surface area contributed by atoms with E-state index in [1.165, 1.54) is 0 Å². The van der Waals surface area contributed by atoms with Gasteiger partial charge in [-0.3, -0.25) is 0 Å². The Kier molecular flexibility index (Phi) is 4.54. The van der Waals surface area contributed by atoms with Crippen LogP contribution in [0.25, 0.3) is 4.85 Å². The van der Waals surface area contributed by atoms with Crippen LogP contribution in [0.4, 0.5) is 5.69 Å². The molecule has 0 N–H and O–H groups in total. The Morgan fingerprint density at radius 2 is 2.14 bits per heavy atom. The molecule has 4 heteroatoms. The summed E-state index contributed by atoms with van der Waals surface area (Å²) >= 11 is 17.3. The molecule has 0 aromatic heterocycles. The molecule has 74 valence electrons. The van der Waals surface area contributed by atoms with E-state index in [0.717, 1.165) is 5.56 Å². The maximum atomic E-state index is 6.96. The van der Waals surface area contributed by atoms with Gasteiger partial charge in [-0.15, -0.1) is 23.2 Å².